The lowest BCUT2D eigenvalue weighted by molar-refractivity contribution is -0.231. The summed E-state index contributed by atoms with van der Waals surface area (Å²) < 4.78 is 5.55. The Labute approximate surface area is 122 Å². The molecular weight excluding hydrogens is 272 g/mol. The SMILES string of the molecule is OC[C@H]1O[C@@H](c2ccc3c[c]ccc3c2)[C@H](O)[C@@H](O)[C@H]1O. The monoisotopic (exact) mass is 289 g/mol. The van der Waals surface area contributed by atoms with Crippen LogP contribution in [0.4, 0.5) is 0 Å². The van der Waals surface area contributed by atoms with Crippen molar-refractivity contribution in [3.63, 3.8) is 0 Å². The number of rotatable bonds is 2. The van der Waals surface area contributed by atoms with Gasteiger partial charge in [-0.2, -0.15) is 0 Å². The molecular formula is C16H17O5. The van der Waals surface area contributed by atoms with Gasteiger partial charge in [0.05, 0.1) is 6.61 Å². The first kappa shape index (κ1) is 14.4. The van der Waals surface area contributed by atoms with Crippen LogP contribution in [-0.4, -0.2) is 51.4 Å². The van der Waals surface area contributed by atoms with Crippen LogP contribution in [-0.2, 0) is 4.74 Å². The van der Waals surface area contributed by atoms with E-state index >= 15 is 0 Å². The Kier molecular flexibility index (Phi) is 3.93. The average molecular weight is 289 g/mol. The summed E-state index contributed by atoms with van der Waals surface area (Å²) in [6.45, 7) is -0.427. The Morgan fingerprint density at radius 2 is 1.81 bits per heavy atom. The van der Waals surface area contributed by atoms with Gasteiger partial charge in [-0.1, -0.05) is 24.3 Å². The molecule has 0 aliphatic carbocycles. The maximum Gasteiger partial charge on any atom is 0.113 e. The van der Waals surface area contributed by atoms with Crippen molar-refractivity contribution >= 4 is 10.8 Å². The van der Waals surface area contributed by atoms with Gasteiger partial charge in [-0.25, -0.2) is 0 Å². The van der Waals surface area contributed by atoms with Gasteiger partial charge >= 0.3 is 0 Å². The first-order chi connectivity index (χ1) is 10.1. The van der Waals surface area contributed by atoms with Gasteiger partial charge in [0.15, 0.2) is 0 Å². The van der Waals surface area contributed by atoms with E-state index in [1.165, 1.54) is 0 Å². The standard InChI is InChI=1S/C16H17O5/c17-8-12-13(18)14(19)15(20)16(21-12)11-6-5-9-3-1-2-4-10(9)7-11/h2-7,12-20H,8H2/t12-,13+,14+,15-,16+/m1/s1. The molecule has 0 spiro atoms. The lowest BCUT2D eigenvalue weighted by Crippen LogP contribution is -2.55. The highest BCUT2D eigenvalue weighted by Crippen LogP contribution is 2.33. The van der Waals surface area contributed by atoms with Gasteiger partial charge in [0.2, 0.25) is 0 Å². The van der Waals surface area contributed by atoms with Gasteiger partial charge < -0.3 is 25.2 Å². The van der Waals surface area contributed by atoms with E-state index in [1.54, 1.807) is 12.1 Å². The van der Waals surface area contributed by atoms with Crippen molar-refractivity contribution in [2.45, 2.75) is 30.5 Å². The zero-order valence-corrected chi connectivity index (χ0v) is 11.3. The van der Waals surface area contributed by atoms with Crippen LogP contribution in [0.25, 0.3) is 10.8 Å². The van der Waals surface area contributed by atoms with Crippen LogP contribution in [0.1, 0.15) is 11.7 Å². The molecule has 2 aromatic rings. The Balaban J connectivity index is 1.96. The van der Waals surface area contributed by atoms with E-state index in [4.69, 9.17) is 4.74 Å². The Morgan fingerprint density at radius 1 is 1.00 bits per heavy atom. The van der Waals surface area contributed by atoms with Crippen LogP contribution in [0.15, 0.2) is 36.4 Å². The number of hydrogen-bond acceptors (Lipinski definition) is 5. The normalized spacial score (nSPS) is 33.2. The second-order valence-electron chi connectivity index (χ2n) is 5.28. The predicted octanol–water partition coefficient (Wildman–Crippen LogP) is 0.155. The second-order valence-corrected chi connectivity index (χ2v) is 5.28. The predicted molar refractivity (Wildman–Crippen MR) is 75.5 cm³/mol. The van der Waals surface area contributed by atoms with E-state index in [1.807, 2.05) is 24.3 Å². The molecule has 0 bridgehead atoms. The summed E-state index contributed by atoms with van der Waals surface area (Å²) in [6.07, 6.45) is -5.64. The van der Waals surface area contributed by atoms with Gasteiger partial charge in [-0.05, 0) is 34.5 Å². The van der Waals surface area contributed by atoms with Crippen LogP contribution < -0.4 is 0 Å². The number of aliphatic hydroxyl groups is 4. The van der Waals surface area contributed by atoms with E-state index < -0.39 is 37.1 Å². The lowest BCUT2D eigenvalue weighted by atomic mass is 9.90. The van der Waals surface area contributed by atoms with Crippen molar-refractivity contribution < 1.29 is 25.2 Å². The third-order valence-electron chi connectivity index (χ3n) is 3.93. The van der Waals surface area contributed by atoms with E-state index in [0.29, 0.717) is 5.56 Å². The highest BCUT2D eigenvalue weighted by atomic mass is 16.5. The summed E-state index contributed by atoms with van der Waals surface area (Å²) >= 11 is 0. The molecule has 0 amide bonds. The fourth-order valence-corrected chi connectivity index (χ4v) is 2.70. The fraction of sp³-hybridized carbons (Fsp3) is 0.375. The summed E-state index contributed by atoms with van der Waals surface area (Å²) in [4.78, 5) is 0. The summed E-state index contributed by atoms with van der Waals surface area (Å²) in [5.74, 6) is 0. The minimum Gasteiger partial charge on any atom is -0.394 e. The molecule has 4 N–H and O–H groups in total. The third kappa shape index (κ3) is 2.54. The van der Waals surface area contributed by atoms with Crippen molar-refractivity contribution in [3.05, 3.63) is 48.0 Å². The molecule has 0 aromatic heterocycles. The maximum absolute atomic E-state index is 10.1. The molecule has 5 nitrogen and oxygen atoms in total. The van der Waals surface area contributed by atoms with Gasteiger partial charge in [-0.3, -0.25) is 0 Å². The van der Waals surface area contributed by atoms with Crippen molar-refractivity contribution in [1.82, 2.24) is 0 Å². The smallest absolute Gasteiger partial charge is 0.113 e. The van der Waals surface area contributed by atoms with Crippen LogP contribution in [0.5, 0.6) is 0 Å². The first-order valence-electron chi connectivity index (χ1n) is 6.82. The first-order valence-corrected chi connectivity index (χ1v) is 6.82. The maximum atomic E-state index is 10.1. The summed E-state index contributed by atoms with van der Waals surface area (Å²) in [6, 6.07) is 14.1. The fourth-order valence-electron chi connectivity index (χ4n) is 2.70. The number of aliphatic hydroxyl groups excluding tert-OH is 4. The van der Waals surface area contributed by atoms with Gasteiger partial charge in [-0.15, -0.1) is 0 Å². The van der Waals surface area contributed by atoms with E-state index in [-0.39, 0.29) is 0 Å². The molecule has 1 aliphatic heterocycles. The highest BCUT2D eigenvalue weighted by Gasteiger charge is 2.43. The lowest BCUT2D eigenvalue weighted by Gasteiger charge is -2.40. The molecule has 1 aliphatic rings. The minimum atomic E-state index is -1.36. The van der Waals surface area contributed by atoms with Crippen LogP contribution in [0.2, 0.25) is 0 Å². The molecule has 3 rings (SSSR count). The molecule has 1 heterocycles. The van der Waals surface area contributed by atoms with Crippen molar-refractivity contribution in [2.75, 3.05) is 6.61 Å². The van der Waals surface area contributed by atoms with Crippen molar-refractivity contribution in [2.24, 2.45) is 0 Å². The summed E-state index contributed by atoms with van der Waals surface area (Å²) in [7, 11) is 0. The average Bonchev–Trinajstić information content (AvgIpc) is 2.52. The zero-order chi connectivity index (χ0) is 15.0. The quantitative estimate of drug-likeness (QED) is 0.632. The molecule has 1 saturated heterocycles. The molecule has 1 fully saturated rings. The minimum absolute atomic E-state index is 0.427. The summed E-state index contributed by atoms with van der Waals surface area (Å²) in [5.41, 5.74) is 0.686. The van der Waals surface area contributed by atoms with Crippen LogP contribution >= 0.6 is 0 Å². The van der Waals surface area contributed by atoms with E-state index in [0.717, 1.165) is 10.8 Å². The number of fused-ring (bicyclic) bond motifs is 1. The van der Waals surface area contributed by atoms with Crippen molar-refractivity contribution in [1.29, 1.82) is 0 Å². The third-order valence-corrected chi connectivity index (χ3v) is 3.93. The molecule has 111 valence electrons. The Hall–Kier alpha value is -1.50. The molecule has 5 atom stereocenters. The van der Waals surface area contributed by atoms with Crippen LogP contribution in [0, 0.1) is 6.07 Å². The topological polar surface area (TPSA) is 90.2 Å². The second kappa shape index (κ2) is 5.71. The van der Waals surface area contributed by atoms with Gasteiger partial charge in [0, 0.05) is 0 Å². The molecule has 1 radical (unpaired) electrons. The Morgan fingerprint density at radius 3 is 2.57 bits per heavy atom. The number of hydrogen-bond donors (Lipinski definition) is 4. The highest BCUT2D eigenvalue weighted by molar-refractivity contribution is 5.82. The number of benzene rings is 2. The Bertz CT molecular complexity index is 627. The number of ether oxygens (including phenoxy) is 1. The molecule has 2 aromatic carbocycles. The largest absolute Gasteiger partial charge is 0.394 e. The summed E-state index contributed by atoms with van der Waals surface area (Å²) in [5, 5.41) is 41.0. The van der Waals surface area contributed by atoms with E-state index in [9.17, 15) is 20.4 Å². The molecule has 0 saturated carbocycles. The van der Waals surface area contributed by atoms with Crippen molar-refractivity contribution in [3.8, 4) is 0 Å². The molecule has 0 unspecified atom stereocenters. The molecule has 5 heteroatoms. The van der Waals surface area contributed by atoms with E-state index in [2.05, 4.69) is 6.07 Å². The molecule has 21 heavy (non-hydrogen) atoms. The van der Waals surface area contributed by atoms with Gasteiger partial charge in [0.25, 0.3) is 0 Å². The zero-order valence-electron chi connectivity index (χ0n) is 11.3. The van der Waals surface area contributed by atoms with Crippen LogP contribution in [0.3, 0.4) is 0 Å². The van der Waals surface area contributed by atoms with Gasteiger partial charge in [0.1, 0.15) is 30.5 Å².